The van der Waals surface area contributed by atoms with Crippen LogP contribution < -0.4 is 0 Å². The van der Waals surface area contributed by atoms with Crippen LogP contribution in [0.25, 0.3) is 0 Å². The molecule has 0 bridgehead atoms. The first-order valence-corrected chi connectivity index (χ1v) is 5.97. The summed E-state index contributed by atoms with van der Waals surface area (Å²) in [5.41, 5.74) is 1.10. The Kier molecular flexibility index (Phi) is 5.87. The van der Waals surface area contributed by atoms with Crippen molar-refractivity contribution in [3.63, 3.8) is 0 Å². The Bertz CT molecular complexity index is 335. The van der Waals surface area contributed by atoms with E-state index in [0.29, 0.717) is 13.0 Å². The van der Waals surface area contributed by atoms with Crippen LogP contribution in [0.4, 0.5) is 0 Å². The van der Waals surface area contributed by atoms with E-state index in [1.54, 1.807) is 0 Å². The minimum Gasteiger partial charge on any atom is -0.308 e. The summed E-state index contributed by atoms with van der Waals surface area (Å²) in [4.78, 5) is 16.0. The van der Waals surface area contributed by atoms with E-state index < -0.39 is 0 Å². The molecule has 3 nitrogen and oxygen atoms in total. The molecule has 1 aromatic carbocycles. The van der Waals surface area contributed by atoms with Gasteiger partial charge in [-0.1, -0.05) is 30.3 Å². The van der Waals surface area contributed by atoms with E-state index in [2.05, 4.69) is 9.80 Å². The molecule has 0 N–H and O–H groups in total. The predicted molar refractivity (Wildman–Crippen MR) is 71.2 cm³/mol. The number of likely N-dealkylation sites (N-methyl/N-ethyl adjacent to an activating group) is 2. The van der Waals surface area contributed by atoms with Gasteiger partial charge in [0.05, 0.1) is 6.54 Å². The third kappa shape index (κ3) is 6.19. The van der Waals surface area contributed by atoms with Crippen LogP contribution >= 0.6 is 0 Å². The number of hydrogen-bond acceptors (Lipinski definition) is 3. The minimum absolute atomic E-state index is 0.275. The van der Waals surface area contributed by atoms with Gasteiger partial charge in [0.15, 0.2) is 5.78 Å². The fraction of sp³-hybridized carbons (Fsp3) is 0.500. The fourth-order valence-electron chi connectivity index (χ4n) is 1.63. The van der Waals surface area contributed by atoms with Crippen LogP contribution in [0.1, 0.15) is 5.56 Å². The summed E-state index contributed by atoms with van der Waals surface area (Å²) >= 11 is 0. The van der Waals surface area contributed by atoms with E-state index in [1.165, 1.54) is 0 Å². The van der Waals surface area contributed by atoms with Crippen LogP contribution in [0.2, 0.25) is 0 Å². The van der Waals surface area contributed by atoms with Crippen molar-refractivity contribution in [2.45, 2.75) is 6.42 Å². The average Bonchev–Trinajstić information content (AvgIpc) is 2.27. The highest BCUT2D eigenvalue weighted by molar-refractivity contribution is 5.82. The molecule has 0 atom stereocenters. The van der Waals surface area contributed by atoms with E-state index in [-0.39, 0.29) is 5.78 Å². The Morgan fingerprint density at radius 2 is 1.71 bits per heavy atom. The lowest BCUT2D eigenvalue weighted by Crippen LogP contribution is -2.33. The van der Waals surface area contributed by atoms with Gasteiger partial charge >= 0.3 is 0 Å². The van der Waals surface area contributed by atoms with Gasteiger partial charge in [0.25, 0.3) is 0 Å². The van der Waals surface area contributed by atoms with Crippen molar-refractivity contribution in [1.82, 2.24) is 9.80 Å². The quantitative estimate of drug-likeness (QED) is 0.710. The number of carbonyl (C=O) groups is 1. The first-order chi connectivity index (χ1) is 8.08. The number of ketones is 1. The van der Waals surface area contributed by atoms with Gasteiger partial charge in [-0.2, -0.15) is 0 Å². The Morgan fingerprint density at radius 1 is 1.06 bits per heavy atom. The monoisotopic (exact) mass is 234 g/mol. The summed E-state index contributed by atoms with van der Waals surface area (Å²) in [6.07, 6.45) is 0.535. The van der Waals surface area contributed by atoms with Crippen molar-refractivity contribution in [2.75, 3.05) is 40.8 Å². The van der Waals surface area contributed by atoms with Crippen LogP contribution in [-0.2, 0) is 11.2 Å². The number of carbonyl (C=O) groups excluding carboxylic acids is 1. The molecule has 0 aliphatic heterocycles. The summed E-state index contributed by atoms with van der Waals surface area (Å²) in [6, 6.07) is 9.91. The van der Waals surface area contributed by atoms with Gasteiger partial charge in [-0.15, -0.1) is 0 Å². The molecule has 17 heavy (non-hydrogen) atoms. The average molecular weight is 234 g/mol. The molecule has 0 fully saturated rings. The van der Waals surface area contributed by atoms with Gasteiger partial charge in [-0.25, -0.2) is 0 Å². The Balaban J connectivity index is 2.29. The topological polar surface area (TPSA) is 23.6 Å². The van der Waals surface area contributed by atoms with Gasteiger partial charge in [0.2, 0.25) is 0 Å². The molecule has 0 heterocycles. The Hall–Kier alpha value is -1.19. The summed E-state index contributed by atoms with van der Waals surface area (Å²) < 4.78 is 0. The summed E-state index contributed by atoms with van der Waals surface area (Å²) in [5, 5.41) is 0. The fourth-order valence-corrected chi connectivity index (χ4v) is 1.63. The molecule has 0 saturated heterocycles. The van der Waals surface area contributed by atoms with Gasteiger partial charge in [-0.3, -0.25) is 9.69 Å². The number of nitrogens with zero attached hydrogens (tertiary/aromatic N) is 2. The standard InChI is InChI=1S/C14H22N2O/c1-15(2)9-10-16(3)12-14(17)11-13-7-5-4-6-8-13/h4-8H,9-12H2,1-3H3. The van der Waals surface area contributed by atoms with Crippen molar-refractivity contribution in [3.05, 3.63) is 35.9 Å². The highest BCUT2D eigenvalue weighted by Gasteiger charge is 2.07. The SMILES string of the molecule is CN(C)CCN(C)CC(=O)Cc1ccccc1. The summed E-state index contributed by atoms with van der Waals surface area (Å²) in [7, 11) is 6.08. The van der Waals surface area contributed by atoms with Crippen LogP contribution in [0, 0.1) is 0 Å². The molecule has 3 heteroatoms. The lowest BCUT2D eigenvalue weighted by atomic mass is 10.1. The van der Waals surface area contributed by atoms with E-state index in [0.717, 1.165) is 18.7 Å². The van der Waals surface area contributed by atoms with Crippen LogP contribution in [0.5, 0.6) is 0 Å². The molecule has 0 unspecified atom stereocenters. The zero-order valence-electron chi connectivity index (χ0n) is 11.0. The molecule has 0 spiro atoms. The van der Waals surface area contributed by atoms with Crippen molar-refractivity contribution in [3.8, 4) is 0 Å². The first kappa shape index (κ1) is 13.9. The Morgan fingerprint density at radius 3 is 2.29 bits per heavy atom. The van der Waals surface area contributed by atoms with Gasteiger partial charge in [0, 0.05) is 19.5 Å². The van der Waals surface area contributed by atoms with Crippen LogP contribution in [0.15, 0.2) is 30.3 Å². The number of hydrogen-bond donors (Lipinski definition) is 0. The zero-order chi connectivity index (χ0) is 12.7. The van der Waals surface area contributed by atoms with Crippen LogP contribution in [0.3, 0.4) is 0 Å². The molecule has 0 aromatic heterocycles. The van der Waals surface area contributed by atoms with Crippen molar-refractivity contribution >= 4 is 5.78 Å². The maximum atomic E-state index is 11.8. The molecule has 0 aliphatic carbocycles. The second-order valence-electron chi connectivity index (χ2n) is 4.74. The zero-order valence-corrected chi connectivity index (χ0v) is 11.0. The highest BCUT2D eigenvalue weighted by Crippen LogP contribution is 2.00. The second-order valence-corrected chi connectivity index (χ2v) is 4.74. The smallest absolute Gasteiger partial charge is 0.151 e. The Labute approximate surface area is 104 Å². The van der Waals surface area contributed by atoms with Crippen molar-refractivity contribution < 1.29 is 4.79 Å². The van der Waals surface area contributed by atoms with E-state index >= 15 is 0 Å². The van der Waals surface area contributed by atoms with Gasteiger partial charge in [0.1, 0.15) is 0 Å². The third-order valence-corrected chi connectivity index (χ3v) is 2.62. The molecular formula is C14H22N2O. The molecular weight excluding hydrogens is 212 g/mol. The maximum absolute atomic E-state index is 11.8. The molecule has 1 rings (SSSR count). The number of rotatable bonds is 7. The highest BCUT2D eigenvalue weighted by atomic mass is 16.1. The molecule has 94 valence electrons. The molecule has 1 aromatic rings. The third-order valence-electron chi connectivity index (χ3n) is 2.62. The second kappa shape index (κ2) is 7.20. The van der Waals surface area contributed by atoms with Gasteiger partial charge < -0.3 is 4.90 Å². The molecule has 0 saturated carbocycles. The van der Waals surface area contributed by atoms with Crippen molar-refractivity contribution in [2.24, 2.45) is 0 Å². The molecule has 0 radical (unpaired) electrons. The maximum Gasteiger partial charge on any atom is 0.151 e. The summed E-state index contributed by atoms with van der Waals surface area (Å²) in [6.45, 7) is 2.44. The van der Waals surface area contributed by atoms with Crippen LogP contribution in [-0.4, -0.2) is 56.4 Å². The summed E-state index contributed by atoms with van der Waals surface area (Å²) in [5.74, 6) is 0.275. The van der Waals surface area contributed by atoms with Gasteiger partial charge in [-0.05, 0) is 26.7 Å². The first-order valence-electron chi connectivity index (χ1n) is 5.97. The molecule has 0 amide bonds. The lowest BCUT2D eigenvalue weighted by Gasteiger charge is -2.18. The normalized spacial score (nSPS) is 11.1. The predicted octanol–water partition coefficient (Wildman–Crippen LogP) is 1.29. The minimum atomic E-state index is 0.275. The van der Waals surface area contributed by atoms with E-state index in [1.807, 2.05) is 51.5 Å². The lowest BCUT2D eigenvalue weighted by molar-refractivity contribution is -0.119. The van der Waals surface area contributed by atoms with E-state index in [4.69, 9.17) is 0 Å². The van der Waals surface area contributed by atoms with E-state index in [9.17, 15) is 4.79 Å². The number of benzene rings is 1. The number of Topliss-reactive ketones (excluding diaryl/α,β-unsaturated/α-hetero) is 1. The molecule has 0 aliphatic rings. The van der Waals surface area contributed by atoms with Crippen molar-refractivity contribution in [1.29, 1.82) is 0 Å². The largest absolute Gasteiger partial charge is 0.308 e.